The maximum Gasteiger partial charge on any atom is 0.254 e. The van der Waals surface area contributed by atoms with Crippen molar-refractivity contribution >= 4 is 11.8 Å². The van der Waals surface area contributed by atoms with E-state index in [1.165, 1.54) is 6.07 Å². The summed E-state index contributed by atoms with van der Waals surface area (Å²) in [5.41, 5.74) is 1.06. The molecule has 1 unspecified atom stereocenters. The second-order valence-electron chi connectivity index (χ2n) is 9.19. The van der Waals surface area contributed by atoms with Crippen molar-refractivity contribution in [3.63, 3.8) is 0 Å². The maximum atomic E-state index is 14.0. The van der Waals surface area contributed by atoms with Crippen LogP contribution in [0.5, 0.6) is 11.5 Å². The second-order valence-corrected chi connectivity index (χ2v) is 9.19. The Morgan fingerprint density at radius 1 is 1.00 bits per heavy atom. The Labute approximate surface area is 198 Å². The van der Waals surface area contributed by atoms with E-state index in [1.807, 2.05) is 4.90 Å². The van der Waals surface area contributed by atoms with Crippen molar-refractivity contribution in [1.82, 2.24) is 15.1 Å². The van der Waals surface area contributed by atoms with Crippen molar-refractivity contribution in [3.8, 4) is 11.5 Å². The summed E-state index contributed by atoms with van der Waals surface area (Å²) < 4.78 is 24.7. The fraction of sp³-hybridized carbons (Fsp3) is 0.462. The standard InChI is InChI=1S/C26H30FN3O4/c27-21-8-4-3-7-20(21)16-28-25(31)24(18-5-1-2-6-18)29-11-13-30(14-12-29)26(32)19-9-10-22-23(15-19)34-17-33-22/h3-4,7-10,15,18,24H,1-2,5-6,11-14,16-17H2,(H,28,31). The number of ether oxygens (including phenoxy) is 2. The van der Waals surface area contributed by atoms with Crippen LogP contribution in [0.4, 0.5) is 4.39 Å². The van der Waals surface area contributed by atoms with E-state index >= 15 is 0 Å². The van der Waals surface area contributed by atoms with Gasteiger partial charge in [-0.3, -0.25) is 14.5 Å². The Morgan fingerprint density at radius 2 is 1.74 bits per heavy atom. The van der Waals surface area contributed by atoms with Gasteiger partial charge in [0, 0.05) is 43.9 Å². The van der Waals surface area contributed by atoms with Gasteiger partial charge in [0.15, 0.2) is 11.5 Å². The van der Waals surface area contributed by atoms with Crippen molar-refractivity contribution in [2.24, 2.45) is 5.92 Å². The molecular formula is C26H30FN3O4. The van der Waals surface area contributed by atoms with Crippen LogP contribution in [0.2, 0.25) is 0 Å². The molecule has 7 nitrogen and oxygen atoms in total. The summed E-state index contributed by atoms with van der Waals surface area (Å²) in [6.45, 7) is 2.72. The summed E-state index contributed by atoms with van der Waals surface area (Å²) in [6.07, 6.45) is 4.30. The van der Waals surface area contributed by atoms with Crippen LogP contribution in [-0.2, 0) is 11.3 Å². The van der Waals surface area contributed by atoms with Crippen LogP contribution in [0.15, 0.2) is 42.5 Å². The summed E-state index contributed by atoms with van der Waals surface area (Å²) in [4.78, 5) is 30.4. The molecule has 2 aromatic rings. The minimum atomic E-state index is -0.309. The van der Waals surface area contributed by atoms with Crippen LogP contribution >= 0.6 is 0 Å². The van der Waals surface area contributed by atoms with Gasteiger partial charge in [-0.2, -0.15) is 0 Å². The highest BCUT2D eigenvalue weighted by atomic mass is 19.1. The third kappa shape index (κ3) is 4.73. The van der Waals surface area contributed by atoms with Crippen LogP contribution in [0.1, 0.15) is 41.6 Å². The lowest BCUT2D eigenvalue weighted by Crippen LogP contribution is -2.57. The average molecular weight is 468 g/mol. The van der Waals surface area contributed by atoms with Crippen molar-refractivity contribution in [2.45, 2.75) is 38.3 Å². The van der Waals surface area contributed by atoms with Crippen LogP contribution in [-0.4, -0.2) is 60.6 Å². The molecule has 180 valence electrons. The van der Waals surface area contributed by atoms with Crippen LogP contribution < -0.4 is 14.8 Å². The molecule has 0 spiro atoms. The predicted molar refractivity (Wildman–Crippen MR) is 124 cm³/mol. The van der Waals surface area contributed by atoms with E-state index in [9.17, 15) is 14.0 Å². The van der Waals surface area contributed by atoms with Crippen molar-refractivity contribution < 1.29 is 23.5 Å². The quantitative estimate of drug-likeness (QED) is 0.707. The van der Waals surface area contributed by atoms with E-state index in [0.717, 1.165) is 25.7 Å². The van der Waals surface area contributed by atoms with Crippen molar-refractivity contribution in [2.75, 3.05) is 33.0 Å². The molecule has 1 saturated carbocycles. The lowest BCUT2D eigenvalue weighted by molar-refractivity contribution is -0.129. The fourth-order valence-corrected chi connectivity index (χ4v) is 5.30. The van der Waals surface area contributed by atoms with Gasteiger partial charge in [0.05, 0.1) is 6.04 Å². The molecule has 0 aromatic heterocycles. The van der Waals surface area contributed by atoms with Crippen molar-refractivity contribution in [3.05, 3.63) is 59.4 Å². The molecule has 2 aliphatic heterocycles. The molecule has 1 atom stereocenters. The van der Waals surface area contributed by atoms with Gasteiger partial charge in [0.1, 0.15) is 5.82 Å². The zero-order valence-corrected chi connectivity index (χ0v) is 19.2. The number of piperazine rings is 1. The molecule has 5 rings (SSSR count). The van der Waals surface area contributed by atoms with Gasteiger partial charge < -0.3 is 19.7 Å². The number of fused-ring (bicyclic) bond motifs is 1. The molecule has 2 aromatic carbocycles. The molecular weight excluding hydrogens is 437 g/mol. The molecule has 2 amide bonds. The summed E-state index contributed by atoms with van der Waals surface area (Å²) in [6, 6.07) is 11.5. The predicted octanol–water partition coefficient (Wildman–Crippen LogP) is 3.19. The highest BCUT2D eigenvalue weighted by Crippen LogP contribution is 2.34. The Bertz CT molecular complexity index is 1050. The minimum Gasteiger partial charge on any atom is -0.454 e. The highest BCUT2D eigenvalue weighted by molar-refractivity contribution is 5.95. The number of halogens is 1. The van der Waals surface area contributed by atoms with E-state index in [-0.39, 0.29) is 42.9 Å². The van der Waals surface area contributed by atoms with E-state index < -0.39 is 0 Å². The van der Waals surface area contributed by atoms with Gasteiger partial charge in [-0.1, -0.05) is 31.0 Å². The van der Waals surface area contributed by atoms with Crippen LogP contribution in [0, 0.1) is 11.7 Å². The number of amides is 2. The molecule has 34 heavy (non-hydrogen) atoms. The van der Waals surface area contributed by atoms with Gasteiger partial charge >= 0.3 is 0 Å². The topological polar surface area (TPSA) is 71.1 Å². The van der Waals surface area contributed by atoms with Gasteiger partial charge in [-0.05, 0) is 43.0 Å². The maximum absolute atomic E-state index is 14.0. The normalized spacial score (nSPS) is 19.3. The second kappa shape index (κ2) is 10.0. The number of hydrogen-bond donors (Lipinski definition) is 1. The zero-order chi connectivity index (χ0) is 23.5. The molecule has 0 bridgehead atoms. The number of nitrogens with zero attached hydrogens (tertiary/aromatic N) is 2. The van der Waals surface area contributed by atoms with Gasteiger partial charge in [0.2, 0.25) is 12.7 Å². The van der Waals surface area contributed by atoms with Gasteiger partial charge in [-0.25, -0.2) is 4.39 Å². The van der Waals surface area contributed by atoms with Gasteiger partial charge in [0.25, 0.3) is 5.91 Å². The largest absolute Gasteiger partial charge is 0.454 e. The Balaban J connectivity index is 1.22. The first-order valence-corrected chi connectivity index (χ1v) is 12.0. The third-order valence-electron chi connectivity index (χ3n) is 7.14. The summed E-state index contributed by atoms with van der Waals surface area (Å²) in [7, 11) is 0. The lowest BCUT2D eigenvalue weighted by atomic mass is 9.94. The molecule has 2 fully saturated rings. The molecule has 3 aliphatic rings. The first kappa shape index (κ1) is 22.7. The van der Waals surface area contributed by atoms with Crippen LogP contribution in [0.3, 0.4) is 0 Å². The summed E-state index contributed by atoms with van der Waals surface area (Å²) in [5.74, 6) is 1.14. The smallest absolute Gasteiger partial charge is 0.254 e. The van der Waals surface area contributed by atoms with E-state index in [4.69, 9.17) is 9.47 Å². The van der Waals surface area contributed by atoms with Gasteiger partial charge in [-0.15, -0.1) is 0 Å². The Kier molecular flexibility index (Phi) is 6.67. The molecule has 2 heterocycles. The van der Waals surface area contributed by atoms with E-state index in [1.54, 1.807) is 36.4 Å². The summed E-state index contributed by atoms with van der Waals surface area (Å²) >= 11 is 0. The Morgan fingerprint density at radius 3 is 2.50 bits per heavy atom. The van der Waals surface area contributed by atoms with E-state index in [0.29, 0.717) is 48.8 Å². The number of nitrogens with one attached hydrogen (secondary N) is 1. The number of carbonyl (C=O) groups is 2. The van der Waals surface area contributed by atoms with Crippen molar-refractivity contribution in [1.29, 1.82) is 0 Å². The average Bonchev–Trinajstić information content (AvgIpc) is 3.56. The molecule has 0 radical (unpaired) electrons. The monoisotopic (exact) mass is 467 g/mol. The molecule has 1 aliphatic carbocycles. The summed E-state index contributed by atoms with van der Waals surface area (Å²) in [5, 5.41) is 2.97. The van der Waals surface area contributed by atoms with E-state index in [2.05, 4.69) is 10.2 Å². The SMILES string of the molecule is O=C(NCc1ccccc1F)C(C1CCCC1)N1CCN(C(=O)c2ccc3c(c2)OCO3)CC1. The molecule has 8 heteroatoms. The molecule has 1 saturated heterocycles. The lowest BCUT2D eigenvalue weighted by Gasteiger charge is -2.40. The molecule has 1 N–H and O–H groups in total. The minimum absolute atomic E-state index is 0.0422. The number of benzene rings is 2. The zero-order valence-electron chi connectivity index (χ0n) is 19.2. The number of hydrogen-bond acceptors (Lipinski definition) is 5. The number of rotatable bonds is 6. The van der Waals surface area contributed by atoms with Crippen LogP contribution in [0.25, 0.3) is 0 Å². The first-order chi connectivity index (χ1) is 16.6. The fourth-order valence-electron chi connectivity index (χ4n) is 5.30. The third-order valence-corrected chi connectivity index (χ3v) is 7.14. The highest BCUT2D eigenvalue weighted by Gasteiger charge is 2.37. The number of carbonyl (C=O) groups excluding carboxylic acids is 2. The first-order valence-electron chi connectivity index (χ1n) is 12.0. The Hall–Kier alpha value is -3.13.